The van der Waals surface area contributed by atoms with Crippen molar-refractivity contribution in [2.75, 3.05) is 26.2 Å². The van der Waals surface area contributed by atoms with Crippen molar-refractivity contribution in [1.29, 1.82) is 0 Å². The van der Waals surface area contributed by atoms with Gasteiger partial charge in [-0.05, 0) is 52.4 Å². The Hall–Kier alpha value is -0.961. The molecule has 0 radical (unpaired) electrons. The molecule has 0 spiro atoms. The van der Waals surface area contributed by atoms with E-state index < -0.39 is 8.24 Å². The molecule has 4 atom stereocenters. The molecule has 2 aromatic rings. The molecule has 7 heteroatoms. The summed E-state index contributed by atoms with van der Waals surface area (Å²) in [6.45, 7) is 14.5. The van der Waals surface area contributed by atoms with Gasteiger partial charge >= 0.3 is 33.5 Å². The monoisotopic (exact) mass is 582 g/mol. The number of rotatable bonds is 4. The molecule has 1 saturated heterocycles. The number of guanidine groups is 1. The average Bonchev–Trinajstić information content (AvgIpc) is 3.09. The molecule has 4 unspecified atom stereocenters. The summed E-state index contributed by atoms with van der Waals surface area (Å²) in [6, 6.07) is 23.2. The molecule has 1 saturated carbocycles. The molecule has 197 valence electrons. The molecule has 0 bridgehead atoms. The summed E-state index contributed by atoms with van der Waals surface area (Å²) >= 11 is -0.181. The van der Waals surface area contributed by atoms with Gasteiger partial charge in [-0.1, -0.05) is 88.4 Å². The van der Waals surface area contributed by atoms with Gasteiger partial charge in [-0.25, -0.2) is 0 Å². The van der Waals surface area contributed by atoms with E-state index in [2.05, 4.69) is 97.8 Å². The fraction of sp³-hybridized carbons (Fsp3) is 0.517. The van der Waals surface area contributed by atoms with Crippen LogP contribution in [0.2, 0.25) is 5.54 Å². The summed E-state index contributed by atoms with van der Waals surface area (Å²) in [4.78, 5) is 7.81. The Balaban J connectivity index is 0.000000861. The number of hydrogen-bond donors (Lipinski definition) is 0. The number of hydrogen-bond acceptors (Lipinski definition) is 3. The molecule has 2 fully saturated rings. The predicted molar refractivity (Wildman–Crippen MR) is 156 cm³/mol. The van der Waals surface area contributed by atoms with Crippen LogP contribution >= 0.6 is 20.1 Å². The number of fused-ring (bicyclic) bond motifs is 1. The SMILES string of the molecule is CC1C(C)C(C)C([Si](c2ccccc2)(c2ccccc2)N2CCCN3CCCN=C32)C1C.[CH3-].[Cl][Cr+][Cl]. The Morgan fingerprint density at radius 1 is 0.750 bits per heavy atom. The van der Waals surface area contributed by atoms with Gasteiger partial charge in [0.25, 0.3) is 0 Å². The van der Waals surface area contributed by atoms with Crippen LogP contribution in [0.4, 0.5) is 0 Å². The van der Waals surface area contributed by atoms with Crippen LogP contribution in [0.1, 0.15) is 40.5 Å². The van der Waals surface area contributed by atoms with E-state index in [1.54, 1.807) is 10.4 Å². The Morgan fingerprint density at radius 2 is 1.22 bits per heavy atom. The van der Waals surface area contributed by atoms with Crippen LogP contribution in [-0.4, -0.2) is 49.8 Å². The predicted octanol–water partition coefficient (Wildman–Crippen LogP) is 6.27. The molecule has 0 N–H and O–H groups in total. The molecule has 0 amide bonds. The zero-order chi connectivity index (χ0) is 25.0. The van der Waals surface area contributed by atoms with Gasteiger partial charge in [0.1, 0.15) is 0 Å². The fourth-order valence-electron chi connectivity index (χ4n) is 7.24. The van der Waals surface area contributed by atoms with Gasteiger partial charge in [0, 0.05) is 26.2 Å². The summed E-state index contributed by atoms with van der Waals surface area (Å²) in [5.41, 5.74) is 0.655. The summed E-state index contributed by atoms with van der Waals surface area (Å²) in [7, 11) is 7.28. The van der Waals surface area contributed by atoms with Crippen molar-refractivity contribution >= 4 is 44.7 Å². The molecule has 2 aliphatic heterocycles. The quantitative estimate of drug-likeness (QED) is 0.312. The zero-order valence-corrected chi connectivity index (χ0v) is 26.2. The van der Waals surface area contributed by atoms with Crippen molar-refractivity contribution in [3.63, 3.8) is 0 Å². The van der Waals surface area contributed by atoms with Gasteiger partial charge in [0.05, 0.1) is 0 Å². The molecule has 3 nitrogen and oxygen atoms in total. The summed E-state index contributed by atoms with van der Waals surface area (Å²) in [5.74, 6) is 4.15. The first kappa shape index (κ1) is 29.6. The van der Waals surface area contributed by atoms with Crippen LogP contribution < -0.4 is 10.4 Å². The van der Waals surface area contributed by atoms with Crippen LogP contribution in [0.5, 0.6) is 0 Å². The van der Waals surface area contributed by atoms with E-state index in [4.69, 9.17) is 25.1 Å². The molecule has 1 aliphatic carbocycles. The third kappa shape index (κ3) is 5.29. The molecule has 5 rings (SSSR count). The van der Waals surface area contributed by atoms with Gasteiger partial charge in [-0.15, -0.1) is 0 Å². The van der Waals surface area contributed by atoms with Crippen LogP contribution in [0.25, 0.3) is 0 Å². The van der Waals surface area contributed by atoms with E-state index in [0.29, 0.717) is 17.4 Å². The fourth-order valence-corrected chi connectivity index (χ4v) is 13.9. The van der Waals surface area contributed by atoms with Gasteiger partial charge in [0.15, 0.2) is 5.96 Å². The first-order valence-electron chi connectivity index (χ1n) is 13.1. The van der Waals surface area contributed by atoms with Gasteiger partial charge in [-0.3, -0.25) is 4.99 Å². The minimum absolute atomic E-state index is 0. The Bertz CT molecular complexity index is 923. The topological polar surface area (TPSA) is 18.8 Å². The molecule has 2 aromatic carbocycles. The Morgan fingerprint density at radius 3 is 1.72 bits per heavy atom. The molecular formula is C29H42Cl2CrN3Si. The Labute approximate surface area is 235 Å². The first-order chi connectivity index (χ1) is 17.0. The van der Waals surface area contributed by atoms with E-state index >= 15 is 0 Å². The van der Waals surface area contributed by atoms with E-state index in [9.17, 15) is 0 Å². The average molecular weight is 584 g/mol. The molecule has 36 heavy (non-hydrogen) atoms. The van der Waals surface area contributed by atoms with Crippen LogP contribution in [0.3, 0.4) is 0 Å². The molecule has 0 aromatic heterocycles. The van der Waals surface area contributed by atoms with E-state index in [0.717, 1.165) is 38.0 Å². The van der Waals surface area contributed by atoms with Gasteiger partial charge < -0.3 is 16.9 Å². The molecule has 3 aliphatic rings. The van der Waals surface area contributed by atoms with Crippen molar-refractivity contribution < 1.29 is 13.4 Å². The van der Waals surface area contributed by atoms with Crippen molar-refractivity contribution in [3.8, 4) is 0 Å². The molecule has 2 heterocycles. The van der Waals surface area contributed by atoms with E-state index in [1.165, 1.54) is 18.8 Å². The second-order valence-electron chi connectivity index (χ2n) is 10.5. The first-order valence-corrected chi connectivity index (χ1v) is 18.6. The normalized spacial score (nSPS) is 27.7. The van der Waals surface area contributed by atoms with Crippen molar-refractivity contribution in [3.05, 3.63) is 68.1 Å². The molecular weight excluding hydrogens is 541 g/mol. The second kappa shape index (κ2) is 13.2. The van der Waals surface area contributed by atoms with Crippen molar-refractivity contribution in [2.24, 2.45) is 28.7 Å². The Kier molecular flexibility index (Phi) is 10.9. The van der Waals surface area contributed by atoms with E-state index in [-0.39, 0.29) is 20.8 Å². The number of nitrogens with zero attached hydrogens (tertiary/aromatic N) is 3. The van der Waals surface area contributed by atoms with Gasteiger partial charge in [0.2, 0.25) is 8.24 Å². The minimum atomic E-state index is -2.37. The van der Waals surface area contributed by atoms with E-state index in [1.807, 2.05) is 0 Å². The number of halogens is 2. The maximum absolute atomic E-state index is 5.21. The standard InChI is InChI=1S/C28H39N3Si.CH3.2ClH.Cr/c1-21-22(2)24(4)27(23(21)3)32(25-13-7-5-8-14-25,26-15-9-6-10-16-26)31-20-12-19-30-18-11-17-29-28(30)31;;;;/h5-10,13-16,21-24,27H,11-12,17-20H2,1-4H3;1H3;2*1H;/q;-1;;;+3/p-2. The van der Waals surface area contributed by atoms with Crippen molar-refractivity contribution in [2.45, 2.75) is 46.1 Å². The summed E-state index contributed by atoms with van der Waals surface area (Å²) < 4.78 is 2.88. The maximum atomic E-state index is 5.21. The van der Waals surface area contributed by atoms with Gasteiger partial charge in [-0.2, -0.15) is 0 Å². The second-order valence-corrected chi connectivity index (χ2v) is 16.5. The third-order valence-electron chi connectivity index (χ3n) is 9.13. The van der Waals surface area contributed by atoms with Crippen LogP contribution in [0, 0.1) is 31.1 Å². The number of aliphatic imine (C=N–C) groups is 1. The van der Waals surface area contributed by atoms with Crippen LogP contribution in [0.15, 0.2) is 65.7 Å². The third-order valence-corrected chi connectivity index (χ3v) is 14.8. The van der Waals surface area contributed by atoms with Crippen LogP contribution in [-0.2, 0) is 13.4 Å². The zero-order valence-electron chi connectivity index (χ0n) is 22.4. The van der Waals surface area contributed by atoms with Crippen molar-refractivity contribution in [1.82, 2.24) is 9.47 Å². The summed E-state index contributed by atoms with van der Waals surface area (Å²) in [6.07, 6.45) is 2.42. The summed E-state index contributed by atoms with van der Waals surface area (Å²) in [5, 5.41) is 3.12. The number of benzene rings is 2.